The van der Waals surface area contributed by atoms with Crippen LogP contribution in [0.15, 0.2) is 66.2 Å². The summed E-state index contributed by atoms with van der Waals surface area (Å²) in [5.41, 5.74) is 2.21. The number of anilines is 1. The Balaban J connectivity index is 1.96. The molecule has 0 saturated carbocycles. The Morgan fingerprint density at radius 3 is 2.60 bits per heavy atom. The topological polar surface area (TPSA) is 42.0 Å². The van der Waals surface area contributed by atoms with E-state index in [2.05, 4.69) is 10.3 Å². The van der Waals surface area contributed by atoms with Crippen molar-refractivity contribution in [1.29, 1.82) is 0 Å². The number of carbonyl (C=O) groups is 1. The zero-order valence-electron chi connectivity index (χ0n) is 10.6. The Hall–Kier alpha value is -2.46. The molecule has 98 valence electrons. The van der Waals surface area contributed by atoms with E-state index in [1.54, 1.807) is 18.3 Å². The zero-order valence-corrected chi connectivity index (χ0v) is 11.4. The van der Waals surface area contributed by atoms with Gasteiger partial charge in [-0.3, -0.25) is 9.78 Å². The molecular formula is C16H12N2OS. The van der Waals surface area contributed by atoms with Crippen molar-refractivity contribution in [2.45, 2.75) is 0 Å². The van der Waals surface area contributed by atoms with E-state index in [0.29, 0.717) is 11.3 Å². The second-order valence-electron chi connectivity index (χ2n) is 4.20. The predicted octanol–water partition coefficient (Wildman–Crippen LogP) is 4.06. The molecule has 3 rings (SSSR count). The lowest BCUT2D eigenvalue weighted by Gasteiger charge is -2.08. The first kappa shape index (κ1) is 12.6. The summed E-state index contributed by atoms with van der Waals surface area (Å²) in [4.78, 5) is 16.7. The normalized spacial score (nSPS) is 10.2. The Bertz CT molecular complexity index is 708. The molecule has 0 aliphatic rings. The molecule has 0 bridgehead atoms. The van der Waals surface area contributed by atoms with E-state index in [1.165, 1.54) is 11.3 Å². The van der Waals surface area contributed by atoms with E-state index in [0.717, 1.165) is 10.6 Å². The van der Waals surface area contributed by atoms with E-state index < -0.39 is 0 Å². The highest BCUT2D eigenvalue weighted by Gasteiger charge is 2.13. The van der Waals surface area contributed by atoms with Gasteiger partial charge in [-0.15, -0.1) is 11.3 Å². The lowest BCUT2D eigenvalue weighted by Crippen LogP contribution is -2.12. The predicted molar refractivity (Wildman–Crippen MR) is 81.9 cm³/mol. The molecule has 1 amide bonds. The summed E-state index contributed by atoms with van der Waals surface area (Å²) in [6.07, 6.45) is 1.70. The minimum Gasteiger partial charge on any atom is -0.314 e. The molecule has 3 aromatic rings. The van der Waals surface area contributed by atoms with Crippen LogP contribution < -0.4 is 5.32 Å². The van der Waals surface area contributed by atoms with Crippen LogP contribution in [0.2, 0.25) is 0 Å². The number of hydrogen-bond acceptors (Lipinski definition) is 3. The summed E-state index contributed by atoms with van der Waals surface area (Å²) >= 11 is 1.50. The second-order valence-corrected chi connectivity index (χ2v) is 5.14. The molecule has 0 aliphatic carbocycles. The van der Waals surface area contributed by atoms with Crippen LogP contribution in [0.5, 0.6) is 0 Å². The van der Waals surface area contributed by atoms with Crippen LogP contribution in [0, 0.1) is 0 Å². The Labute approximate surface area is 120 Å². The summed E-state index contributed by atoms with van der Waals surface area (Å²) in [5.74, 6) is -0.139. The number of amides is 1. The number of hydrogen-bond donors (Lipinski definition) is 1. The standard InChI is InChI=1S/C16H12N2OS/c19-16(18-14-9-5-11-20-14)13-8-4-10-17-15(13)12-6-2-1-3-7-12/h1-11H,(H,18,19). The van der Waals surface area contributed by atoms with Crippen LogP contribution in [-0.2, 0) is 0 Å². The summed E-state index contributed by atoms with van der Waals surface area (Å²) in [6, 6.07) is 17.1. The molecular weight excluding hydrogens is 268 g/mol. The van der Waals surface area contributed by atoms with Gasteiger partial charge in [-0.1, -0.05) is 30.3 Å². The molecule has 2 aromatic heterocycles. The molecule has 3 nitrogen and oxygen atoms in total. The van der Waals surface area contributed by atoms with Gasteiger partial charge >= 0.3 is 0 Å². The maximum atomic E-state index is 12.4. The van der Waals surface area contributed by atoms with Crippen molar-refractivity contribution in [3.8, 4) is 11.3 Å². The van der Waals surface area contributed by atoms with Crippen molar-refractivity contribution in [3.05, 3.63) is 71.7 Å². The second kappa shape index (κ2) is 5.67. The molecule has 0 aliphatic heterocycles. The van der Waals surface area contributed by atoms with Gasteiger partial charge in [0, 0.05) is 11.8 Å². The van der Waals surface area contributed by atoms with E-state index in [9.17, 15) is 4.79 Å². The molecule has 1 N–H and O–H groups in total. The van der Waals surface area contributed by atoms with Gasteiger partial charge in [-0.25, -0.2) is 0 Å². The molecule has 0 fully saturated rings. The number of rotatable bonds is 3. The smallest absolute Gasteiger partial charge is 0.258 e. The third kappa shape index (κ3) is 2.60. The van der Waals surface area contributed by atoms with Crippen LogP contribution >= 0.6 is 11.3 Å². The highest BCUT2D eigenvalue weighted by atomic mass is 32.1. The highest BCUT2D eigenvalue weighted by molar-refractivity contribution is 7.14. The molecule has 0 spiro atoms. The minimum atomic E-state index is -0.139. The van der Waals surface area contributed by atoms with E-state index in [-0.39, 0.29) is 5.91 Å². The first-order valence-electron chi connectivity index (χ1n) is 6.20. The van der Waals surface area contributed by atoms with Crippen molar-refractivity contribution in [3.63, 3.8) is 0 Å². The van der Waals surface area contributed by atoms with Crippen molar-refractivity contribution in [2.75, 3.05) is 5.32 Å². The number of benzene rings is 1. The summed E-state index contributed by atoms with van der Waals surface area (Å²) in [5, 5.41) is 5.65. The van der Waals surface area contributed by atoms with E-state index >= 15 is 0 Å². The van der Waals surface area contributed by atoms with Crippen LogP contribution in [0.25, 0.3) is 11.3 Å². The number of aromatic nitrogens is 1. The van der Waals surface area contributed by atoms with E-state index in [1.807, 2.05) is 47.8 Å². The van der Waals surface area contributed by atoms with Gasteiger partial charge in [0.05, 0.1) is 16.3 Å². The Kier molecular flexibility index (Phi) is 3.56. The first-order valence-corrected chi connectivity index (χ1v) is 7.08. The maximum Gasteiger partial charge on any atom is 0.258 e. The molecule has 4 heteroatoms. The van der Waals surface area contributed by atoms with E-state index in [4.69, 9.17) is 0 Å². The number of nitrogens with one attached hydrogen (secondary N) is 1. The van der Waals surface area contributed by atoms with Gasteiger partial charge in [0.15, 0.2) is 0 Å². The lowest BCUT2D eigenvalue weighted by atomic mass is 10.1. The van der Waals surface area contributed by atoms with Gasteiger partial charge in [0.1, 0.15) is 0 Å². The molecule has 0 radical (unpaired) electrons. The fourth-order valence-corrected chi connectivity index (χ4v) is 2.56. The first-order chi connectivity index (χ1) is 9.84. The average Bonchev–Trinajstić information content (AvgIpc) is 3.01. The summed E-state index contributed by atoms with van der Waals surface area (Å²) < 4.78 is 0. The molecule has 1 aromatic carbocycles. The fraction of sp³-hybridized carbons (Fsp3) is 0. The lowest BCUT2D eigenvalue weighted by molar-refractivity contribution is 0.102. The minimum absolute atomic E-state index is 0.139. The number of carbonyl (C=O) groups excluding carboxylic acids is 1. The zero-order chi connectivity index (χ0) is 13.8. The van der Waals surface area contributed by atoms with Crippen molar-refractivity contribution < 1.29 is 4.79 Å². The SMILES string of the molecule is O=C(Nc1cccs1)c1cccnc1-c1ccccc1. The molecule has 0 unspecified atom stereocenters. The maximum absolute atomic E-state index is 12.4. The Morgan fingerprint density at radius 2 is 1.85 bits per heavy atom. The molecule has 20 heavy (non-hydrogen) atoms. The summed E-state index contributed by atoms with van der Waals surface area (Å²) in [7, 11) is 0. The highest BCUT2D eigenvalue weighted by Crippen LogP contribution is 2.23. The van der Waals surface area contributed by atoms with Crippen molar-refractivity contribution in [1.82, 2.24) is 4.98 Å². The average molecular weight is 280 g/mol. The number of pyridine rings is 1. The molecule has 0 saturated heterocycles. The molecule has 2 heterocycles. The van der Waals surface area contributed by atoms with Crippen molar-refractivity contribution >= 4 is 22.2 Å². The van der Waals surface area contributed by atoms with Crippen molar-refractivity contribution in [2.24, 2.45) is 0 Å². The van der Waals surface area contributed by atoms with Gasteiger partial charge in [-0.2, -0.15) is 0 Å². The summed E-state index contributed by atoms with van der Waals surface area (Å²) in [6.45, 7) is 0. The largest absolute Gasteiger partial charge is 0.314 e. The quantitative estimate of drug-likeness (QED) is 0.786. The Morgan fingerprint density at radius 1 is 1.00 bits per heavy atom. The number of nitrogens with zero attached hydrogens (tertiary/aromatic N) is 1. The molecule has 0 atom stereocenters. The van der Waals surface area contributed by atoms with Gasteiger partial charge in [-0.05, 0) is 29.6 Å². The van der Waals surface area contributed by atoms with Crippen LogP contribution in [-0.4, -0.2) is 10.9 Å². The third-order valence-electron chi connectivity index (χ3n) is 2.86. The van der Waals surface area contributed by atoms with Crippen LogP contribution in [0.1, 0.15) is 10.4 Å². The van der Waals surface area contributed by atoms with Crippen LogP contribution in [0.3, 0.4) is 0 Å². The third-order valence-corrected chi connectivity index (χ3v) is 3.64. The fourth-order valence-electron chi connectivity index (χ4n) is 1.94. The van der Waals surface area contributed by atoms with Gasteiger partial charge < -0.3 is 5.32 Å². The van der Waals surface area contributed by atoms with Crippen LogP contribution in [0.4, 0.5) is 5.00 Å². The van der Waals surface area contributed by atoms with Gasteiger partial charge in [0.25, 0.3) is 5.91 Å². The number of thiophene rings is 1. The monoisotopic (exact) mass is 280 g/mol. The van der Waals surface area contributed by atoms with Gasteiger partial charge in [0.2, 0.25) is 0 Å².